The number of hydrogen-bond acceptors (Lipinski definition) is 9. The van der Waals surface area contributed by atoms with E-state index in [1.165, 1.54) is 6.20 Å². The Kier molecular flexibility index (Phi) is 9.34. The van der Waals surface area contributed by atoms with Crippen LogP contribution in [0.1, 0.15) is 22.7 Å². The zero-order valence-corrected chi connectivity index (χ0v) is 19.5. The average molecular weight is 508 g/mol. The summed E-state index contributed by atoms with van der Waals surface area (Å²) in [5.41, 5.74) is 8.79. The molecule has 0 amide bonds. The summed E-state index contributed by atoms with van der Waals surface area (Å²) in [4.78, 5) is 25.7. The van der Waals surface area contributed by atoms with E-state index in [1.54, 1.807) is 48.8 Å². The van der Waals surface area contributed by atoms with Gasteiger partial charge in [0.2, 0.25) is 5.88 Å². The SMILES string of the molecule is NC/C(=C\C=C/NCOP(=O)(O)O)c1cc(Cc2ccc(OCc3cc(Cl)ccn3)nc2)no1. The molecule has 3 rings (SSSR count). The molecule has 3 aromatic rings. The topological polar surface area (TPSA) is 166 Å². The highest BCUT2D eigenvalue weighted by Gasteiger charge is 2.12. The van der Waals surface area contributed by atoms with Gasteiger partial charge in [0.25, 0.3) is 0 Å². The molecule has 0 radical (unpaired) electrons. The third kappa shape index (κ3) is 8.71. The molecule has 3 heterocycles. The molecular formula is C21H23ClN5O6P. The molecule has 13 heteroatoms. The number of halogens is 1. The van der Waals surface area contributed by atoms with Crippen molar-refractivity contribution in [1.82, 2.24) is 20.4 Å². The second kappa shape index (κ2) is 12.4. The molecule has 0 saturated carbocycles. The lowest BCUT2D eigenvalue weighted by atomic mass is 10.1. The number of pyridine rings is 2. The molecule has 0 spiro atoms. The Morgan fingerprint density at radius 3 is 2.79 bits per heavy atom. The van der Waals surface area contributed by atoms with Gasteiger partial charge in [0.05, 0.1) is 11.4 Å². The Balaban J connectivity index is 1.52. The maximum absolute atomic E-state index is 10.6. The first-order chi connectivity index (χ1) is 16.3. The second-order valence-electron chi connectivity index (χ2n) is 6.84. The molecule has 0 atom stereocenters. The first-order valence-corrected chi connectivity index (χ1v) is 11.9. The van der Waals surface area contributed by atoms with Crippen molar-refractivity contribution < 1.29 is 28.1 Å². The van der Waals surface area contributed by atoms with Crippen molar-refractivity contribution >= 4 is 25.0 Å². The molecule has 0 unspecified atom stereocenters. The second-order valence-corrected chi connectivity index (χ2v) is 8.52. The van der Waals surface area contributed by atoms with Crippen LogP contribution in [0, 0.1) is 0 Å². The summed E-state index contributed by atoms with van der Waals surface area (Å²) in [7, 11) is -4.51. The van der Waals surface area contributed by atoms with Crippen LogP contribution >= 0.6 is 19.4 Å². The predicted molar refractivity (Wildman–Crippen MR) is 124 cm³/mol. The van der Waals surface area contributed by atoms with E-state index in [-0.39, 0.29) is 19.9 Å². The van der Waals surface area contributed by atoms with Crippen LogP contribution in [0.5, 0.6) is 5.88 Å². The number of ether oxygens (including phenoxy) is 1. The Hall–Kier alpha value is -3.05. The van der Waals surface area contributed by atoms with Gasteiger partial charge >= 0.3 is 7.82 Å². The van der Waals surface area contributed by atoms with Crippen LogP contribution in [0.25, 0.3) is 5.57 Å². The van der Waals surface area contributed by atoms with Gasteiger partial charge in [-0.2, -0.15) is 0 Å². The third-order valence-corrected chi connectivity index (χ3v) is 4.95. The monoisotopic (exact) mass is 507 g/mol. The van der Waals surface area contributed by atoms with Crippen LogP contribution in [0.3, 0.4) is 0 Å². The molecule has 0 aromatic carbocycles. The van der Waals surface area contributed by atoms with Gasteiger partial charge in [0, 0.05) is 48.1 Å². The van der Waals surface area contributed by atoms with Crippen molar-refractivity contribution in [1.29, 1.82) is 0 Å². The minimum atomic E-state index is -4.51. The van der Waals surface area contributed by atoms with Crippen LogP contribution in [0.15, 0.2) is 65.6 Å². The summed E-state index contributed by atoms with van der Waals surface area (Å²) in [6.07, 6.45) is 8.57. The van der Waals surface area contributed by atoms with Crippen LogP contribution in [0.2, 0.25) is 5.02 Å². The summed E-state index contributed by atoms with van der Waals surface area (Å²) in [5, 5.41) is 7.25. The fourth-order valence-corrected chi connectivity index (χ4v) is 3.11. The lowest BCUT2D eigenvalue weighted by Gasteiger charge is -2.05. The van der Waals surface area contributed by atoms with Gasteiger partial charge in [-0.25, -0.2) is 9.55 Å². The lowest BCUT2D eigenvalue weighted by Crippen LogP contribution is -2.09. The van der Waals surface area contributed by atoms with Crippen molar-refractivity contribution in [2.75, 3.05) is 13.3 Å². The number of nitrogens with one attached hydrogen (secondary N) is 1. The Morgan fingerprint density at radius 1 is 1.24 bits per heavy atom. The Bertz CT molecular complexity index is 1180. The molecule has 0 bridgehead atoms. The molecule has 0 aliphatic carbocycles. The molecular weight excluding hydrogens is 485 g/mol. The van der Waals surface area contributed by atoms with E-state index in [0.717, 1.165) is 5.56 Å². The van der Waals surface area contributed by atoms with Gasteiger partial charge < -0.3 is 30.1 Å². The first kappa shape index (κ1) is 25.6. The van der Waals surface area contributed by atoms with Gasteiger partial charge in [-0.05, 0) is 30.0 Å². The summed E-state index contributed by atoms with van der Waals surface area (Å²) in [6.45, 7) is 0.121. The Labute approximate surface area is 200 Å². The van der Waals surface area contributed by atoms with Gasteiger partial charge in [-0.1, -0.05) is 28.9 Å². The number of aromatic nitrogens is 3. The molecule has 3 aromatic heterocycles. The highest BCUT2D eigenvalue weighted by Crippen LogP contribution is 2.34. The van der Waals surface area contributed by atoms with Crippen LogP contribution in [-0.4, -0.2) is 38.2 Å². The zero-order chi connectivity index (χ0) is 24.4. The highest BCUT2D eigenvalue weighted by molar-refractivity contribution is 7.46. The number of nitrogens with two attached hydrogens (primary N) is 1. The molecule has 5 N–H and O–H groups in total. The van der Waals surface area contributed by atoms with E-state index in [9.17, 15) is 4.57 Å². The van der Waals surface area contributed by atoms with Crippen molar-refractivity contribution in [3.63, 3.8) is 0 Å². The average Bonchev–Trinajstić information content (AvgIpc) is 3.26. The van der Waals surface area contributed by atoms with E-state index in [4.69, 9.17) is 36.4 Å². The van der Waals surface area contributed by atoms with Crippen LogP contribution in [-0.2, 0) is 22.1 Å². The van der Waals surface area contributed by atoms with Crippen molar-refractivity contribution in [3.8, 4) is 5.88 Å². The standard InChI is InChI=1S/C21H23ClN5O6P/c22-17-5-7-25-19(9-17)13-31-21-4-3-15(12-26-21)8-18-10-20(33-27-18)16(11-23)2-1-6-24-14-32-34(28,29)30/h1-7,9-10,12,24H,8,11,13-14,23H2,(H2,28,29,30)/b6-1-,16-2+. The quantitative estimate of drug-likeness (QED) is 0.123. The van der Waals surface area contributed by atoms with Gasteiger partial charge in [-0.3, -0.25) is 9.51 Å². The first-order valence-electron chi connectivity index (χ1n) is 9.96. The molecule has 0 fully saturated rings. The minimum absolute atomic E-state index is 0.201. The van der Waals surface area contributed by atoms with E-state index in [2.05, 4.69) is 25.0 Å². The van der Waals surface area contributed by atoms with Gasteiger partial charge in [0.15, 0.2) is 5.76 Å². The van der Waals surface area contributed by atoms with E-state index < -0.39 is 7.82 Å². The molecule has 34 heavy (non-hydrogen) atoms. The molecule has 180 valence electrons. The lowest BCUT2D eigenvalue weighted by molar-refractivity contribution is 0.191. The maximum atomic E-state index is 10.6. The van der Waals surface area contributed by atoms with Crippen LogP contribution in [0.4, 0.5) is 0 Å². The number of allylic oxidation sites excluding steroid dienone is 2. The largest absolute Gasteiger partial charge is 0.471 e. The van der Waals surface area contributed by atoms with Gasteiger partial charge in [-0.15, -0.1) is 0 Å². The van der Waals surface area contributed by atoms with Crippen LogP contribution < -0.4 is 15.8 Å². The number of phosphoric ester groups is 1. The molecule has 0 aliphatic heterocycles. The normalized spacial score (nSPS) is 12.3. The minimum Gasteiger partial charge on any atom is -0.471 e. The molecule has 0 saturated heterocycles. The molecule has 0 aliphatic rings. The maximum Gasteiger partial charge on any atom is 0.471 e. The number of nitrogens with zero attached hydrogens (tertiary/aromatic N) is 3. The summed E-state index contributed by atoms with van der Waals surface area (Å²) in [6, 6.07) is 8.86. The number of rotatable bonds is 12. The Morgan fingerprint density at radius 2 is 2.09 bits per heavy atom. The van der Waals surface area contributed by atoms with E-state index in [0.29, 0.717) is 40.0 Å². The predicted octanol–water partition coefficient (Wildman–Crippen LogP) is 2.80. The smallest absolute Gasteiger partial charge is 0.471 e. The number of hydrogen-bond donors (Lipinski definition) is 4. The zero-order valence-electron chi connectivity index (χ0n) is 17.9. The summed E-state index contributed by atoms with van der Waals surface area (Å²) >= 11 is 5.94. The van der Waals surface area contributed by atoms with Gasteiger partial charge in [0.1, 0.15) is 13.3 Å². The highest BCUT2D eigenvalue weighted by atomic mass is 35.5. The van der Waals surface area contributed by atoms with E-state index in [1.807, 2.05) is 6.07 Å². The van der Waals surface area contributed by atoms with Crippen molar-refractivity contribution in [3.05, 3.63) is 88.8 Å². The summed E-state index contributed by atoms with van der Waals surface area (Å²) in [5.74, 6) is 0.974. The van der Waals surface area contributed by atoms with Crippen molar-refractivity contribution in [2.45, 2.75) is 13.0 Å². The molecule has 11 nitrogen and oxygen atoms in total. The fourth-order valence-electron chi connectivity index (χ4n) is 2.68. The van der Waals surface area contributed by atoms with E-state index >= 15 is 0 Å². The summed E-state index contributed by atoms with van der Waals surface area (Å²) < 4.78 is 25.9. The fraction of sp³-hybridized carbons (Fsp3) is 0.190. The third-order valence-electron chi connectivity index (χ3n) is 4.25. The number of phosphoric acid groups is 1. The van der Waals surface area contributed by atoms with Crippen molar-refractivity contribution in [2.24, 2.45) is 5.73 Å².